The SMILES string of the molecule is CC1(C)CCC[C@]2(C)[C@H]3CC[C@]4(O)C(=O)OC[C@H]4[C@]3(C)CC[C@@H]12. The van der Waals surface area contributed by atoms with Crippen molar-refractivity contribution in [1.29, 1.82) is 0 Å². The maximum atomic E-state index is 12.1. The van der Waals surface area contributed by atoms with E-state index in [9.17, 15) is 9.90 Å². The lowest BCUT2D eigenvalue weighted by Gasteiger charge is -2.66. The van der Waals surface area contributed by atoms with E-state index in [4.69, 9.17) is 4.74 Å². The van der Waals surface area contributed by atoms with Gasteiger partial charge in [-0.2, -0.15) is 0 Å². The lowest BCUT2D eigenvalue weighted by Crippen LogP contribution is -2.63. The smallest absolute Gasteiger partial charge is 0.338 e. The van der Waals surface area contributed by atoms with E-state index in [0.717, 1.165) is 18.8 Å². The molecule has 6 atom stereocenters. The monoisotopic (exact) mass is 320 g/mol. The molecule has 1 N–H and O–H groups in total. The van der Waals surface area contributed by atoms with E-state index >= 15 is 0 Å². The Hall–Kier alpha value is -0.570. The van der Waals surface area contributed by atoms with Crippen molar-refractivity contribution in [3.63, 3.8) is 0 Å². The molecule has 23 heavy (non-hydrogen) atoms. The van der Waals surface area contributed by atoms with Gasteiger partial charge in [-0.25, -0.2) is 4.79 Å². The molecule has 0 amide bonds. The van der Waals surface area contributed by atoms with Gasteiger partial charge in [0.05, 0.1) is 6.61 Å². The largest absolute Gasteiger partial charge is 0.463 e. The van der Waals surface area contributed by atoms with Crippen molar-refractivity contribution in [3.05, 3.63) is 0 Å². The number of hydrogen-bond acceptors (Lipinski definition) is 3. The molecule has 4 aliphatic rings. The van der Waals surface area contributed by atoms with Gasteiger partial charge in [-0.15, -0.1) is 0 Å². The summed E-state index contributed by atoms with van der Waals surface area (Å²) in [5, 5.41) is 11.0. The summed E-state index contributed by atoms with van der Waals surface area (Å²) in [7, 11) is 0. The second-order valence-corrected chi connectivity index (χ2v) is 10.1. The minimum atomic E-state index is -1.21. The van der Waals surface area contributed by atoms with Crippen LogP contribution in [0.25, 0.3) is 0 Å². The highest BCUT2D eigenvalue weighted by molar-refractivity contribution is 5.82. The Labute approximate surface area is 140 Å². The number of carbonyl (C=O) groups is 1. The lowest BCUT2D eigenvalue weighted by atomic mass is 9.38. The van der Waals surface area contributed by atoms with Crippen LogP contribution in [0.5, 0.6) is 0 Å². The Kier molecular flexibility index (Phi) is 3.14. The molecule has 130 valence electrons. The van der Waals surface area contributed by atoms with Crippen LogP contribution in [0.3, 0.4) is 0 Å². The minimum absolute atomic E-state index is 0.0101. The molecule has 0 unspecified atom stereocenters. The number of esters is 1. The maximum Gasteiger partial charge on any atom is 0.338 e. The van der Waals surface area contributed by atoms with E-state index in [0.29, 0.717) is 29.8 Å². The van der Waals surface area contributed by atoms with Crippen LogP contribution in [0.15, 0.2) is 0 Å². The molecule has 3 aliphatic carbocycles. The van der Waals surface area contributed by atoms with Gasteiger partial charge in [0.25, 0.3) is 0 Å². The van der Waals surface area contributed by atoms with Crippen molar-refractivity contribution < 1.29 is 14.6 Å². The number of rotatable bonds is 0. The summed E-state index contributed by atoms with van der Waals surface area (Å²) < 4.78 is 5.34. The average Bonchev–Trinajstić information content (AvgIpc) is 2.74. The predicted molar refractivity (Wildman–Crippen MR) is 88.7 cm³/mol. The van der Waals surface area contributed by atoms with Gasteiger partial charge < -0.3 is 9.84 Å². The molecule has 3 saturated carbocycles. The molecule has 0 radical (unpaired) electrons. The van der Waals surface area contributed by atoms with E-state index in [2.05, 4.69) is 27.7 Å². The summed E-state index contributed by atoms with van der Waals surface area (Å²) in [6.45, 7) is 10.2. The molecule has 0 bridgehead atoms. The zero-order chi connectivity index (χ0) is 16.7. The summed E-state index contributed by atoms with van der Waals surface area (Å²) in [6.07, 6.45) is 7.90. The van der Waals surface area contributed by atoms with Gasteiger partial charge in [-0.1, -0.05) is 34.1 Å². The van der Waals surface area contributed by atoms with E-state index in [-0.39, 0.29) is 17.3 Å². The van der Waals surface area contributed by atoms with Crippen molar-refractivity contribution >= 4 is 5.97 Å². The fourth-order valence-corrected chi connectivity index (χ4v) is 7.70. The van der Waals surface area contributed by atoms with Crippen LogP contribution in [0, 0.1) is 34.0 Å². The molecule has 0 aromatic carbocycles. The quantitative estimate of drug-likeness (QED) is 0.688. The average molecular weight is 320 g/mol. The van der Waals surface area contributed by atoms with Gasteiger partial charge in [-0.3, -0.25) is 0 Å². The molecule has 0 spiro atoms. The molecule has 4 rings (SSSR count). The summed E-state index contributed by atoms with van der Waals surface area (Å²) in [4.78, 5) is 12.1. The highest BCUT2D eigenvalue weighted by atomic mass is 16.6. The van der Waals surface area contributed by atoms with Crippen LogP contribution in [0.2, 0.25) is 0 Å². The zero-order valence-electron chi connectivity index (χ0n) is 15.2. The third-order valence-electron chi connectivity index (χ3n) is 8.76. The zero-order valence-corrected chi connectivity index (χ0v) is 15.2. The Balaban J connectivity index is 1.75. The van der Waals surface area contributed by atoms with Crippen molar-refractivity contribution in [2.24, 2.45) is 34.0 Å². The summed E-state index contributed by atoms with van der Waals surface area (Å²) in [5.74, 6) is 1.00. The number of fused-ring (bicyclic) bond motifs is 5. The van der Waals surface area contributed by atoms with Crippen molar-refractivity contribution in [2.45, 2.75) is 78.2 Å². The van der Waals surface area contributed by atoms with Crippen molar-refractivity contribution in [3.8, 4) is 0 Å². The van der Waals surface area contributed by atoms with E-state index in [1.807, 2.05) is 0 Å². The molecular weight excluding hydrogens is 288 g/mol. The second-order valence-electron chi connectivity index (χ2n) is 10.1. The Morgan fingerprint density at radius 3 is 2.30 bits per heavy atom. The maximum absolute atomic E-state index is 12.1. The Morgan fingerprint density at radius 2 is 1.57 bits per heavy atom. The van der Waals surface area contributed by atoms with Crippen molar-refractivity contribution in [1.82, 2.24) is 0 Å². The van der Waals surface area contributed by atoms with Crippen LogP contribution >= 0.6 is 0 Å². The predicted octanol–water partition coefficient (Wildman–Crippen LogP) is 3.93. The van der Waals surface area contributed by atoms with Gasteiger partial charge in [-0.05, 0) is 66.6 Å². The molecular formula is C20H32O3. The number of cyclic esters (lactones) is 1. The van der Waals surface area contributed by atoms with E-state index in [1.54, 1.807) is 0 Å². The van der Waals surface area contributed by atoms with Crippen LogP contribution in [0.1, 0.15) is 72.6 Å². The standard InChI is InChI=1S/C20H32O3/c1-17(2)8-5-9-18(3)13(17)6-10-19(4)14(18)7-11-20(22)15(19)12-23-16(20)21/h13-15,22H,5-12H2,1-4H3/t13-,14+,15-,18-,19+,20+/m0/s1. The normalized spacial score (nSPS) is 54.7. The fraction of sp³-hybridized carbons (Fsp3) is 0.950. The minimum Gasteiger partial charge on any atom is -0.463 e. The van der Waals surface area contributed by atoms with Gasteiger partial charge in [0.1, 0.15) is 0 Å². The number of carbonyl (C=O) groups excluding carboxylic acids is 1. The molecule has 3 nitrogen and oxygen atoms in total. The van der Waals surface area contributed by atoms with Crippen LogP contribution < -0.4 is 0 Å². The molecule has 0 aromatic heterocycles. The van der Waals surface area contributed by atoms with E-state index in [1.165, 1.54) is 25.7 Å². The Bertz CT molecular complexity index is 541. The molecule has 1 saturated heterocycles. The topological polar surface area (TPSA) is 46.5 Å². The fourth-order valence-electron chi connectivity index (χ4n) is 7.70. The van der Waals surface area contributed by atoms with Crippen LogP contribution in [-0.4, -0.2) is 23.3 Å². The highest BCUT2D eigenvalue weighted by Gasteiger charge is 2.68. The third kappa shape index (κ3) is 1.83. The highest BCUT2D eigenvalue weighted by Crippen LogP contribution is 2.70. The lowest BCUT2D eigenvalue weighted by molar-refractivity contribution is -0.202. The van der Waals surface area contributed by atoms with Gasteiger partial charge in [0, 0.05) is 5.92 Å². The third-order valence-corrected chi connectivity index (χ3v) is 8.76. The number of aliphatic hydroxyl groups is 1. The van der Waals surface area contributed by atoms with Crippen LogP contribution in [-0.2, 0) is 9.53 Å². The molecule has 1 heterocycles. The summed E-state index contributed by atoms with van der Waals surface area (Å²) in [5.41, 5.74) is -0.401. The first kappa shape index (κ1) is 15.9. The van der Waals surface area contributed by atoms with Crippen molar-refractivity contribution in [2.75, 3.05) is 6.61 Å². The number of hydrogen-bond donors (Lipinski definition) is 1. The molecule has 4 fully saturated rings. The second kappa shape index (κ2) is 4.53. The first-order valence-electron chi connectivity index (χ1n) is 9.54. The van der Waals surface area contributed by atoms with Gasteiger partial charge >= 0.3 is 5.97 Å². The molecule has 0 aromatic rings. The van der Waals surface area contributed by atoms with Crippen LogP contribution in [0.4, 0.5) is 0 Å². The number of ether oxygens (including phenoxy) is 1. The summed E-state index contributed by atoms with van der Waals surface area (Å²) >= 11 is 0. The van der Waals surface area contributed by atoms with Gasteiger partial charge in [0.2, 0.25) is 0 Å². The first-order valence-corrected chi connectivity index (χ1v) is 9.54. The molecule has 3 heteroatoms. The Morgan fingerprint density at radius 1 is 0.913 bits per heavy atom. The first-order chi connectivity index (χ1) is 10.6. The van der Waals surface area contributed by atoms with E-state index < -0.39 is 5.60 Å². The molecule has 1 aliphatic heterocycles. The van der Waals surface area contributed by atoms with Gasteiger partial charge in [0.15, 0.2) is 5.60 Å². The summed E-state index contributed by atoms with van der Waals surface area (Å²) in [6, 6.07) is 0.